The summed E-state index contributed by atoms with van der Waals surface area (Å²) in [6, 6.07) is 7.87. The van der Waals surface area contributed by atoms with Crippen LogP contribution in [0.2, 0.25) is 0 Å². The van der Waals surface area contributed by atoms with Gasteiger partial charge in [-0.1, -0.05) is 38.1 Å². The zero-order valence-electron chi connectivity index (χ0n) is 16.6. The summed E-state index contributed by atoms with van der Waals surface area (Å²) in [7, 11) is 0. The molecule has 2 aromatic rings. The van der Waals surface area contributed by atoms with Crippen molar-refractivity contribution < 1.29 is 27.6 Å². The quantitative estimate of drug-likeness (QED) is 0.574. The molecular formula is C21H20F3N3O3. The highest BCUT2D eigenvalue weighted by Crippen LogP contribution is 2.30. The van der Waals surface area contributed by atoms with Crippen molar-refractivity contribution in [1.29, 1.82) is 0 Å². The first-order valence-corrected chi connectivity index (χ1v) is 9.22. The zero-order valence-corrected chi connectivity index (χ0v) is 16.6. The van der Waals surface area contributed by atoms with Gasteiger partial charge >= 0.3 is 6.03 Å². The van der Waals surface area contributed by atoms with Crippen molar-refractivity contribution >= 4 is 23.5 Å². The zero-order chi connectivity index (χ0) is 22.2. The van der Waals surface area contributed by atoms with Gasteiger partial charge in [-0.2, -0.15) is 0 Å². The van der Waals surface area contributed by atoms with Crippen molar-refractivity contribution in [1.82, 2.24) is 10.2 Å². The van der Waals surface area contributed by atoms with Crippen LogP contribution in [0.25, 0.3) is 0 Å². The molecule has 0 radical (unpaired) electrons. The van der Waals surface area contributed by atoms with E-state index in [0.29, 0.717) is 16.5 Å². The van der Waals surface area contributed by atoms with E-state index < -0.39 is 53.1 Å². The minimum absolute atomic E-state index is 0.289. The van der Waals surface area contributed by atoms with Crippen molar-refractivity contribution in [2.24, 2.45) is 0 Å². The molecule has 6 nitrogen and oxygen atoms in total. The van der Waals surface area contributed by atoms with Crippen LogP contribution >= 0.6 is 0 Å². The Labute approximate surface area is 171 Å². The van der Waals surface area contributed by atoms with Crippen LogP contribution in [0.1, 0.15) is 37.8 Å². The van der Waals surface area contributed by atoms with E-state index >= 15 is 0 Å². The van der Waals surface area contributed by atoms with Gasteiger partial charge in [-0.25, -0.2) is 18.0 Å². The van der Waals surface area contributed by atoms with E-state index in [4.69, 9.17) is 0 Å². The number of rotatable bonds is 5. The normalized spacial score (nSPS) is 18.7. The van der Waals surface area contributed by atoms with Gasteiger partial charge in [0.15, 0.2) is 17.5 Å². The van der Waals surface area contributed by atoms with Gasteiger partial charge in [0.1, 0.15) is 12.1 Å². The third-order valence-electron chi connectivity index (χ3n) is 5.04. The first kappa shape index (κ1) is 21.4. The lowest BCUT2D eigenvalue weighted by Crippen LogP contribution is -2.42. The molecule has 1 aliphatic heterocycles. The molecule has 1 heterocycles. The van der Waals surface area contributed by atoms with E-state index in [1.165, 1.54) is 6.92 Å². The Kier molecular flexibility index (Phi) is 5.56. The molecule has 0 aromatic heterocycles. The summed E-state index contributed by atoms with van der Waals surface area (Å²) < 4.78 is 40.1. The van der Waals surface area contributed by atoms with E-state index in [-0.39, 0.29) is 5.92 Å². The van der Waals surface area contributed by atoms with Gasteiger partial charge in [-0.05, 0) is 36.1 Å². The van der Waals surface area contributed by atoms with Gasteiger partial charge in [0.05, 0.1) is 5.69 Å². The minimum Gasteiger partial charge on any atom is -0.322 e. The van der Waals surface area contributed by atoms with Crippen molar-refractivity contribution in [3.63, 3.8) is 0 Å². The Morgan fingerprint density at radius 3 is 2.30 bits per heavy atom. The summed E-state index contributed by atoms with van der Waals surface area (Å²) >= 11 is 0. The monoisotopic (exact) mass is 419 g/mol. The van der Waals surface area contributed by atoms with E-state index in [1.54, 1.807) is 12.1 Å². The topological polar surface area (TPSA) is 78.5 Å². The third-order valence-corrected chi connectivity index (χ3v) is 5.04. The molecule has 4 amide bonds. The molecule has 158 valence electrons. The Morgan fingerprint density at radius 1 is 1.07 bits per heavy atom. The Bertz CT molecular complexity index is 1020. The number of nitrogens with one attached hydrogen (secondary N) is 2. The van der Waals surface area contributed by atoms with Gasteiger partial charge in [0.2, 0.25) is 5.91 Å². The van der Waals surface area contributed by atoms with Crippen LogP contribution in [0.15, 0.2) is 36.4 Å². The largest absolute Gasteiger partial charge is 0.325 e. The van der Waals surface area contributed by atoms with Crippen molar-refractivity contribution in [2.45, 2.75) is 32.2 Å². The number of benzene rings is 2. The number of hydrogen-bond donors (Lipinski definition) is 2. The number of carbonyl (C=O) groups is 3. The lowest BCUT2D eigenvalue weighted by molar-refractivity contribution is -0.133. The van der Waals surface area contributed by atoms with Crippen LogP contribution < -0.4 is 10.6 Å². The van der Waals surface area contributed by atoms with Gasteiger partial charge in [-0.15, -0.1) is 0 Å². The van der Waals surface area contributed by atoms with Gasteiger partial charge in [0.25, 0.3) is 5.91 Å². The van der Waals surface area contributed by atoms with Crippen LogP contribution in [-0.2, 0) is 15.1 Å². The summed E-state index contributed by atoms with van der Waals surface area (Å²) in [6.45, 7) is 4.85. The van der Waals surface area contributed by atoms with E-state index in [0.717, 1.165) is 11.6 Å². The molecule has 0 saturated carbocycles. The summed E-state index contributed by atoms with van der Waals surface area (Å²) in [5.41, 5.74) is -0.373. The highest BCUT2D eigenvalue weighted by Gasteiger charge is 2.49. The molecule has 30 heavy (non-hydrogen) atoms. The standard InChI is InChI=1S/C21H20F3N3O3/c1-11(2)12-4-6-13(7-5-12)21(3)19(29)27(20(30)26-21)10-16(28)25-15-9-8-14(22)17(23)18(15)24/h4-9,11H,10H2,1-3H3,(H,25,28)(H,26,30)/t21-/m1/s1. The van der Waals surface area contributed by atoms with E-state index in [1.807, 2.05) is 31.3 Å². The second kappa shape index (κ2) is 7.81. The molecule has 2 aromatic carbocycles. The highest BCUT2D eigenvalue weighted by atomic mass is 19.2. The molecular weight excluding hydrogens is 399 g/mol. The maximum Gasteiger partial charge on any atom is 0.325 e. The van der Waals surface area contributed by atoms with Crippen LogP contribution in [-0.4, -0.2) is 29.3 Å². The fourth-order valence-corrected chi connectivity index (χ4v) is 3.19. The molecule has 9 heteroatoms. The number of halogens is 3. The lowest BCUT2D eigenvalue weighted by atomic mass is 9.90. The van der Waals surface area contributed by atoms with Crippen LogP contribution in [0.3, 0.4) is 0 Å². The average Bonchev–Trinajstić information content (AvgIpc) is 2.92. The first-order valence-electron chi connectivity index (χ1n) is 9.22. The average molecular weight is 419 g/mol. The Morgan fingerprint density at radius 2 is 1.70 bits per heavy atom. The van der Waals surface area contributed by atoms with Crippen LogP contribution in [0.5, 0.6) is 0 Å². The first-order chi connectivity index (χ1) is 14.0. The molecule has 0 spiro atoms. The fourth-order valence-electron chi connectivity index (χ4n) is 3.19. The number of nitrogens with zero attached hydrogens (tertiary/aromatic N) is 1. The van der Waals surface area contributed by atoms with Crippen molar-refractivity contribution in [3.05, 3.63) is 65.0 Å². The van der Waals surface area contributed by atoms with Gasteiger partial charge in [0, 0.05) is 0 Å². The summed E-state index contributed by atoms with van der Waals surface area (Å²) in [5.74, 6) is -6.03. The van der Waals surface area contributed by atoms with Crippen LogP contribution in [0.4, 0.5) is 23.7 Å². The van der Waals surface area contributed by atoms with Crippen molar-refractivity contribution in [2.75, 3.05) is 11.9 Å². The minimum atomic E-state index is -1.74. The molecule has 0 bridgehead atoms. The molecule has 1 aliphatic rings. The van der Waals surface area contributed by atoms with E-state index in [9.17, 15) is 27.6 Å². The number of amides is 4. The molecule has 1 saturated heterocycles. The van der Waals surface area contributed by atoms with Crippen molar-refractivity contribution in [3.8, 4) is 0 Å². The smallest absolute Gasteiger partial charge is 0.322 e. The lowest BCUT2D eigenvalue weighted by Gasteiger charge is -2.22. The van der Waals surface area contributed by atoms with Gasteiger partial charge in [-0.3, -0.25) is 14.5 Å². The van der Waals surface area contributed by atoms with Gasteiger partial charge < -0.3 is 10.6 Å². The number of carbonyl (C=O) groups excluding carboxylic acids is 3. The molecule has 1 atom stereocenters. The molecule has 1 fully saturated rings. The predicted molar refractivity (Wildman–Crippen MR) is 103 cm³/mol. The summed E-state index contributed by atoms with van der Waals surface area (Å²) in [6.07, 6.45) is 0. The fraction of sp³-hybridized carbons (Fsp3) is 0.286. The SMILES string of the molecule is CC(C)c1ccc([C@@]2(C)NC(=O)N(CC(=O)Nc3ccc(F)c(F)c3F)C2=O)cc1. The molecule has 3 rings (SSSR count). The third kappa shape index (κ3) is 3.74. The molecule has 0 unspecified atom stereocenters. The van der Waals surface area contributed by atoms with Crippen LogP contribution in [0, 0.1) is 17.5 Å². The second-order valence-electron chi connectivity index (χ2n) is 7.49. The molecule has 2 N–H and O–H groups in total. The maximum atomic E-state index is 13.7. The Balaban J connectivity index is 1.76. The second-order valence-corrected chi connectivity index (χ2v) is 7.49. The highest BCUT2D eigenvalue weighted by molar-refractivity contribution is 6.10. The number of anilines is 1. The predicted octanol–water partition coefficient (Wildman–Crippen LogP) is 3.63. The Hall–Kier alpha value is -3.36. The molecule has 0 aliphatic carbocycles. The number of hydrogen-bond acceptors (Lipinski definition) is 3. The summed E-state index contributed by atoms with van der Waals surface area (Å²) in [5, 5.41) is 4.60. The maximum absolute atomic E-state index is 13.7. The summed E-state index contributed by atoms with van der Waals surface area (Å²) in [4.78, 5) is 38.1. The number of imide groups is 1. The number of urea groups is 1. The van der Waals surface area contributed by atoms with E-state index in [2.05, 4.69) is 5.32 Å².